The van der Waals surface area contributed by atoms with E-state index >= 15 is 0 Å². The monoisotopic (exact) mass is 326 g/mol. The van der Waals surface area contributed by atoms with Crippen LogP contribution in [0.1, 0.15) is 11.1 Å². The maximum Gasteiger partial charge on any atom is 0.0457 e. The number of fused-ring (bicyclic) bond motifs is 2. The van der Waals surface area contributed by atoms with Gasteiger partial charge >= 0.3 is 0 Å². The van der Waals surface area contributed by atoms with E-state index in [2.05, 4.69) is 102 Å². The number of para-hydroxylation sites is 1. The highest BCUT2D eigenvalue weighted by molar-refractivity contribution is 5.84. The molecule has 0 unspecified atom stereocenters. The molecule has 0 saturated heterocycles. The lowest BCUT2D eigenvalue weighted by atomic mass is 10.1. The Bertz CT molecular complexity index is 1030. The van der Waals surface area contributed by atoms with Crippen LogP contribution in [0.25, 0.3) is 27.8 Å². The molecule has 0 aliphatic heterocycles. The van der Waals surface area contributed by atoms with Crippen molar-refractivity contribution in [3.63, 3.8) is 0 Å². The molecule has 4 rings (SSSR count). The maximum absolute atomic E-state index is 3.35. The lowest BCUT2D eigenvalue weighted by Crippen LogP contribution is -2.17. The van der Waals surface area contributed by atoms with Crippen molar-refractivity contribution >= 4 is 27.8 Å². The first-order valence-electron chi connectivity index (χ1n) is 8.68. The van der Waals surface area contributed by atoms with Crippen molar-refractivity contribution in [2.45, 2.75) is 6.54 Å². The van der Waals surface area contributed by atoms with E-state index in [-0.39, 0.29) is 0 Å². The molecule has 0 amide bonds. The van der Waals surface area contributed by atoms with E-state index in [1.807, 2.05) is 0 Å². The third-order valence-corrected chi connectivity index (χ3v) is 4.62. The highest BCUT2D eigenvalue weighted by Crippen LogP contribution is 2.19. The third kappa shape index (κ3) is 3.49. The van der Waals surface area contributed by atoms with E-state index in [9.17, 15) is 0 Å². The number of benzene rings is 3. The van der Waals surface area contributed by atoms with Gasteiger partial charge in [-0.2, -0.15) is 0 Å². The van der Waals surface area contributed by atoms with Gasteiger partial charge in [0, 0.05) is 30.2 Å². The normalized spacial score (nSPS) is 11.9. The Morgan fingerprint density at radius 3 is 2.64 bits per heavy atom. The Hall–Kier alpha value is -2.84. The van der Waals surface area contributed by atoms with Gasteiger partial charge in [-0.1, -0.05) is 66.7 Å². The van der Waals surface area contributed by atoms with Crippen molar-refractivity contribution in [2.75, 3.05) is 13.6 Å². The van der Waals surface area contributed by atoms with E-state index in [0.717, 1.165) is 13.1 Å². The van der Waals surface area contributed by atoms with Gasteiger partial charge in [-0.15, -0.1) is 0 Å². The summed E-state index contributed by atoms with van der Waals surface area (Å²) >= 11 is 0. The molecule has 0 bridgehead atoms. The first kappa shape index (κ1) is 15.7. The Labute approximate surface area is 148 Å². The van der Waals surface area contributed by atoms with Gasteiger partial charge in [-0.3, -0.25) is 4.90 Å². The number of nitrogens with zero attached hydrogens (tertiary/aromatic N) is 1. The summed E-state index contributed by atoms with van der Waals surface area (Å²) in [7, 11) is 2.16. The van der Waals surface area contributed by atoms with Crippen LogP contribution in [0.15, 0.2) is 79.0 Å². The molecule has 2 nitrogen and oxygen atoms in total. The Morgan fingerprint density at radius 2 is 1.72 bits per heavy atom. The standard InChI is InChI=1S/C23H22N2/c1-25(17-21-16-24-23-11-5-4-10-22(21)23)14-6-7-18-12-13-19-8-2-3-9-20(19)15-18/h2-13,15-16,24H,14,17H2,1H3/b7-6+. The van der Waals surface area contributed by atoms with Gasteiger partial charge in [-0.25, -0.2) is 0 Å². The molecule has 0 saturated carbocycles. The Balaban J connectivity index is 1.42. The van der Waals surface area contributed by atoms with Crippen molar-refractivity contribution in [3.8, 4) is 0 Å². The van der Waals surface area contributed by atoms with Gasteiger partial charge in [0.05, 0.1) is 0 Å². The smallest absolute Gasteiger partial charge is 0.0457 e. The molecule has 124 valence electrons. The van der Waals surface area contributed by atoms with Crippen LogP contribution in [-0.2, 0) is 6.54 Å². The minimum absolute atomic E-state index is 0.923. The quantitative estimate of drug-likeness (QED) is 0.515. The lowest BCUT2D eigenvalue weighted by molar-refractivity contribution is 0.365. The molecular formula is C23H22N2. The van der Waals surface area contributed by atoms with Crippen LogP contribution in [0.5, 0.6) is 0 Å². The van der Waals surface area contributed by atoms with Crippen LogP contribution >= 0.6 is 0 Å². The summed E-state index contributed by atoms with van der Waals surface area (Å²) in [5.74, 6) is 0. The molecule has 25 heavy (non-hydrogen) atoms. The van der Waals surface area contributed by atoms with Crippen LogP contribution in [0.4, 0.5) is 0 Å². The van der Waals surface area contributed by atoms with Crippen molar-refractivity contribution in [2.24, 2.45) is 0 Å². The van der Waals surface area contributed by atoms with Gasteiger partial charge in [0.15, 0.2) is 0 Å². The molecule has 0 aliphatic rings. The van der Waals surface area contributed by atoms with E-state index in [0.29, 0.717) is 0 Å². The topological polar surface area (TPSA) is 19.0 Å². The third-order valence-electron chi connectivity index (χ3n) is 4.62. The van der Waals surface area contributed by atoms with Crippen LogP contribution < -0.4 is 0 Å². The molecule has 0 atom stereocenters. The number of hydrogen-bond acceptors (Lipinski definition) is 1. The predicted octanol–water partition coefficient (Wildman–Crippen LogP) is 5.47. The number of hydrogen-bond donors (Lipinski definition) is 1. The summed E-state index contributed by atoms with van der Waals surface area (Å²) in [4.78, 5) is 5.67. The van der Waals surface area contributed by atoms with Gasteiger partial charge < -0.3 is 4.98 Å². The predicted molar refractivity (Wildman–Crippen MR) is 108 cm³/mol. The molecule has 2 heteroatoms. The Kier molecular flexibility index (Phi) is 4.36. The highest BCUT2D eigenvalue weighted by Gasteiger charge is 2.05. The fourth-order valence-corrected chi connectivity index (χ4v) is 3.30. The average Bonchev–Trinajstić information content (AvgIpc) is 3.05. The van der Waals surface area contributed by atoms with Gasteiger partial charge in [0.1, 0.15) is 0 Å². The zero-order valence-electron chi connectivity index (χ0n) is 14.4. The van der Waals surface area contributed by atoms with Crippen molar-refractivity contribution < 1.29 is 0 Å². The van der Waals surface area contributed by atoms with E-state index < -0.39 is 0 Å². The number of nitrogens with one attached hydrogen (secondary N) is 1. The second kappa shape index (κ2) is 6.96. The van der Waals surface area contributed by atoms with E-state index in [4.69, 9.17) is 0 Å². The molecule has 1 heterocycles. The molecule has 1 aromatic heterocycles. The summed E-state index contributed by atoms with van der Waals surface area (Å²) in [5.41, 5.74) is 3.80. The minimum Gasteiger partial charge on any atom is -0.361 e. The van der Waals surface area contributed by atoms with Crippen LogP contribution in [0.2, 0.25) is 0 Å². The minimum atomic E-state index is 0.923. The van der Waals surface area contributed by atoms with Crippen LogP contribution in [0, 0.1) is 0 Å². The molecule has 4 aromatic rings. The molecule has 0 fully saturated rings. The van der Waals surface area contributed by atoms with Gasteiger partial charge in [0.2, 0.25) is 0 Å². The first-order valence-corrected chi connectivity index (χ1v) is 8.68. The molecule has 0 radical (unpaired) electrons. The van der Waals surface area contributed by atoms with Gasteiger partial charge in [-0.05, 0) is 41.1 Å². The summed E-state index contributed by atoms with van der Waals surface area (Å²) in [6.45, 7) is 1.86. The largest absolute Gasteiger partial charge is 0.361 e. The van der Waals surface area contributed by atoms with Crippen LogP contribution in [-0.4, -0.2) is 23.5 Å². The number of likely N-dealkylation sites (N-methyl/N-ethyl adjacent to an activating group) is 1. The second-order valence-electron chi connectivity index (χ2n) is 6.57. The fourth-order valence-electron chi connectivity index (χ4n) is 3.30. The zero-order valence-corrected chi connectivity index (χ0v) is 14.4. The molecule has 0 spiro atoms. The molecular weight excluding hydrogens is 304 g/mol. The summed E-state index contributed by atoms with van der Waals surface area (Å²) < 4.78 is 0. The van der Waals surface area contributed by atoms with E-state index in [1.54, 1.807) is 0 Å². The SMILES string of the molecule is CN(C/C=C/c1ccc2ccccc2c1)Cc1c[nH]c2ccccc12. The molecule has 3 aromatic carbocycles. The van der Waals surface area contributed by atoms with Crippen molar-refractivity contribution in [3.05, 3.63) is 90.1 Å². The number of H-pyrrole nitrogens is 1. The summed E-state index contributed by atoms with van der Waals surface area (Å²) in [6.07, 6.45) is 6.56. The molecule has 0 aliphatic carbocycles. The summed E-state index contributed by atoms with van der Waals surface area (Å²) in [6, 6.07) is 23.6. The second-order valence-corrected chi connectivity index (χ2v) is 6.57. The van der Waals surface area contributed by atoms with Crippen molar-refractivity contribution in [1.29, 1.82) is 0 Å². The lowest BCUT2D eigenvalue weighted by Gasteiger charge is -2.13. The summed E-state index contributed by atoms with van der Waals surface area (Å²) in [5, 5.41) is 3.89. The van der Waals surface area contributed by atoms with Gasteiger partial charge in [0.25, 0.3) is 0 Å². The van der Waals surface area contributed by atoms with E-state index in [1.165, 1.54) is 32.8 Å². The van der Waals surface area contributed by atoms with Crippen molar-refractivity contribution in [1.82, 2.24) is 9.88 Å². The highest BCUT2D eigenvalue weighted by atomic mass is 15.1. The maximum atomic E-state index is 3.35. The zero-order chi connectivity index (χ0) is 17.1. The fraction of sp³-hybridized carbons (Fsp3) is 0.130. The Morgan fingerprint density at radius 1 is 0.920 bits per heavy atom. The number of aromatic amines is 1. The first-order chi connectivity index (χ1) is 12.3. The van der Waals surface area contributed by atoms with Crippen LogP contribution in [0.3, 0.4) is 0 Å². The number of rotatable bonds is 5. The average molecular weight is 326 g/mol. The molecule has 1 N–H and O–H groups in total. The number of aromatic nitrogens is 1.